The summed E-state index contributed by atoms with van der Waals surface area (Å²) in [6.07, 6.45) is 3.59. The van der Waals surface area contributed by atoms with E-state index in [1.807, 2.05) is 31.2 Å². The Morgan fingerprint density at radius 2 is 1.83 bits per heavy atom. The van der Waals surface area contributed by atoms with Gasteiger partial charge in [-0.25, -0.2) is 0 Å². The first kappa shape index (κ1) is 13.4. The van der Waals surface area contributed by atoms with Crippen LogP contribution in [-0.2, 0) is 4.74 Å². The molecule has 0 aromatic heterocycles. The average molecular weight is 250 g/mol. The van der Waals surface area contributed by atoms with Crippen molar-refractivity contribution in [2.24, 2.45) is 0 Å². The molecule has 1 fully saturated rings. The summed E-state index contributed by atoms with van der Waals surface area (Å²) >= 11 is 0. The summed E-state index contributed by atoms with van der Waals surface area (Å²) in [7, 11) is 1.64. The van der Waals surface area contributed by atoms with Crippen LogP contribution in [0.3, 0.4) is 0 Å². The van der Waals surface area contributed by atoms with Crippen molar-refractivity contribution in [1.29, 1.82) is 0 Å². The van der Waals surface area contributed by atoms with Crippen LogP contribution in [0.15, 0.2) is 24.3 Å². The second-order valence-corrected chi connectivity index (χ2v) is 4.88. The van der Waals surface area contributed by atoms with E-state index in [9.17, 15) is 5.11 Å². The zero-order valence-electron chi connectivity index (χ0n) is 11.2. The van der Waals surface area contributed by atoms with Crippen LogP contribution in [0.4, 0.5) is 0 Å². The molecule has 1 N–H and O–H groups in total. The van der Waals surface area contributed by atoms with Crippen LogP contribution >= 0.6 is 0 Å². The van der Waals surface area contributed by atoms with Gasteiger partial charge in [0.15, 0.2) is 0 Å². The first-order valence-corrected chi connectivity index (χ1v) is 6.68. The molecule has 0 aliphatic heterocycles. The largest absolute Gasteiger partial charge is 0.497 e. The first-order chi connectivity index (χ1) is 8.72. The van der Waals surface area contributed by atoms with Gasteiger partial charge in [0.05, 0.1) is 12.7 Å². The Balaban J connectivity index is 2.19. The molecule has 0 heterocycles. The van der Waals surface area contributed by atoms with Crippen LogP contribution in [0.25, 0.3) is 0 Å². The van der Waals surface area contributed by atoms with Crippen LogP contribution in [0.5, 0.6) is 5.75 Å². The summed E-state index contributed by atoms with van der Waals surface area (Å²) in [5.74, 6) is 0.808. The smallest absolute Gasteiger partial charge is 0.118 e. The summed E-state index contributed by atoms with van der Waals surface area (Å²) in [5, 5.41) is 10.6. The van der Waals surface area contributed by atoms with Crippen molar-refractivity contribution in [3.63, 3.8) is 0 Å². The molecule has 100 valence electrons. The monoisotopic (exact) mass is 250 g/mol. The van der Waals surface area contributed by atoms with Crippen LogP contribution in [0, 0.1) is 0 Å². The number of hydrogen-bond acceptors (Lipinski definition) is 3. The van der Waals surface area contributed by atoms with E-state index in [0.29, 0.717) is 6.61 Å². The van der Waals surface area contributed by atoms with Gasteiger partial charge in [-0.15, -0.1) is 0 Å². The first-order valence-electron chi connectivity index (χ1n) is 6.68. The highest BCUT2D eigenvalue weighted by molar-refractivity contribution is 5.30. The third-order valence-corrected chi connectivity index (χ3v) is 3.81. The Bertz CT molecular complexity index is 366. The molecule has 1 aliphatic rings. The van der Waals surface area contributed by atoms with E-state index >= 15 is 0 Å². The molecule has 3 heteroatoms. The van der Waals surface area contributed by atoms with E-state index in [1.165, 1.54) is 0 Å². The number of aliphatic hydroxyl groups is 1. The molecule has 18 heavy (non-hydrogen) atoms. The normalized spacial score (nSPS) is 19.7. The van der Waals surface area contributed by atoms with Gasteiger partial charge in [0, 0.05) is 6.61 Å². The van der Waals surface area contributed by atoms with Crippen LogP contribution in [0.1, 0.15) is 44.3 Å². The van der Waals surface area contributed by atoms with Gasteiger partial charge in [-0.2, -0.15) is 0 Å². The third kappa shape index (κ3) is 2.52. The molecular formula is C15H22O3. The van der Waals surface area contributed by atoms with Gasteiger partial charge in [-0.3, -0.25) is 0 Å². The predicted molar refractivity (Wildman–Crippen MR) is 70.8 cm³/mol. The highest BCUT2D eigenvalue weighted by atomic mass is 16.5. The molecule has 1 atom stereocenters. The second-order valence-electron chi connectivity index (χ2n) is 4.88. The minimum absolute atomic E-state index is 0.386. The van der Waals surface area contributed by atoms with Crippen LogP contribution < -0.4 is 4.74 Å². The SMILES string of the molecule is CCOC1(C(O)c2ccc(OC)cc2)CCCC1. The van der Waals surface area contributed by atoms with Gasteiger partial charge in [0.2, 0.25) is 0 Å². The molecule has 1 aromatic carbocycles. The zero-order valence-corrected chi connectivity index (χ0v) is 11.2. The number of rotatable bonds is 5. The van der Waals surface area contributed by atoms with Crippen molar-refractivity contribution in [1.82, 2.24) is 0 Å². The average Bonchev–Trinajstić information content (AvgIpc) is 2.88. The maximum atomic E-state index is 10.6. The Morgan fingerprint density at radius 1 is 1.22 bits per heavy atom. The number of methoxy groups -OCH3 is 1. The molecule has 2 rings (SSSR count). The van der Waals surface area contributed by atoms with Gasteiger partial charge in [0.25, 0.3) is 0 Å². The highest BCUT2D eigenvalue weighted by Crippen LogP contribution is 2.43. The van der Waals surface area contributed by atoms with Gasteiger partial charge in [-0.05, 0) is 37.5 Å². The zero-order chi connectivity index (χ0) is 13.0. The Labute approximate surface area is 109 Å². The summed E-state index contributed by atoms with van der Waals surface area (Å²) in [4.78, 5) is 0. The fraction of sp³-hybridized carbons (Fsp3) is 0.600. The van der Waals surface area contributed by atoms with Crippen molar-refractivity contribution in [3.05, 3.63) is 29.8 Å². The molecule has 1 saturated carbocycles. The predicted octanol–water partition coefficient (Wildman–Crippen LogP) is 3.08. The molecule has 0 amide bonds. The van der Waals surface area contributed by atoms with Gasteiger partial charge < -0.3 is 14.6 Å². The quantitative estimate of drug-likeness (QED) is 0.872. The Hall–Kier alpha value is -1.06. The summed E-state index contributed by atoms with van der Waals surface area (Å²) in [6, 6.07) is 7.60. The summed E-state index contributed by atoms with van der Waals surface area (Å²) in [6.45, 7) is 2.63. The topological polar surface area (TPSA) is 38.7 Å². The van der Waals surface area contributed by atoms with E-state index < -0.39 is 6.10 Å². The standard InChI is InChI=1S/C15H22O3/c1-3-18-15(10-4-5-11-15)14(16)12-6-8-13(17-2)9-7-12/h6-9,14,16H,3-5,10-11H2,1-2H3. The maximum Gasteiger partial charge on any atom is 0.118 e. The molecule has 1 aliphatic carbocycles. The van der Waals surface area contributed by atoms with E-state index in [1.54, 1.807) is 7.11 Å². The van der Waals surface area contributed by atoms with Crippen LogP contribution in [0.2, 0.25) is 0 Å². The molecule has 0 spiro atoms. The molecule has 1 aromatic rings. The number of aliphatic hydroxyl groups excluding tert-OH is 1. The minimum Gasteiger partial charge on any atom is -0.497 e. The lowest BCUT2D eigenvalue weighted by Crippen LogP contribution is -2.36. The van der Waals surface area contributed by atoms with Crippen molar-refractivity contribution >= 4 is 0 Å². The van der Waals surface area contributed by atoms with E-state index in [4.69, 9.17) is 9.47 Å². The van der Waals surface area contributed by atoms with Gasteiger partial charge in [0.1, 0.15) is 11.9 Å². The van der Waals surface area contributed by atoms with Crippen molar-refractivity contribution in [2.45, 2.75) is 44.3 Å². The Morgan fingerprint density at radius 3 is 2.33 bits per heavy atom. The van der Waals surface area contributed by atoms with E-state index in [2.05, 4.69) is 0 Å². The second kappa shape index (κ2) is 5.72. The van der Waals surface area contributed by atoms with E-state index in [-0.39, 0.29) is 5.60 Å². The molecule has 0 bridgehead atoms. The van der Waals surface area contributed by atoms with Gasteiger partial charge >= 0.3 is 0 Å². The lowest BCUT2D eigenvalue weighted by Gasteiger charge is -2.34. The third-order valence-electron chi connectivity index (χ3n) is 3.81. The van der Waals surface area contributed by atoms with Gasteiger partial charge in [-0.1, -0.05) is 25.0 Å². The number of hydrogen-bond donors (Lipinski definition) is 1. The van der Waals surface area contributed by atoms with Crippen molar-refractivity contribution in [3.8, 4) is 5.75 Å². The minimum atomic E-state index is -0.550. The molecule has 1 unspecified atom stereocenters. The molecular weight excluding hydrogens is 228 g/mol. The molecule has 0 radical (unpaired) electrons. The fourth-order valence-electron chi connectivity index (χ4n) is 2.85. The lowest BCUT2D eigenvalue weighted by molar-refractivity contribution is -0.118. The van der Waals surface area contributed by atoms with Crippen molar-refractivity contribution in [2.75, 3.05) is 13.7 Å². The Kier molecular flexibility index (Phi) is 4.25. The number of benzene rings is 1. The highest BCUT2D eigenvalue weighted by Gasteiger charge is 2.42. The van der Waals surface area contributed by atoms with Crippen LogP contribution in [-0.4, -0.2) is 24.4 Å². The summed E-state index contributed by atoms with van der Waals surface area (Å²) in [5.41, 5.74) is 0.523. The van der Waals surface area contributed by atoms with Crippen molar-refractivity contribution < 1.29 is 14.6 Å². The summed E-state index contributed by atoms with van der Waals surface area (Å²) < 4.78 is 11.0. The lowest BCUT2D eigenvalue weighted by atomic mass is 9.89. The molecule has 0 saturated heterocycles. The fourth-order valence-corrected chi connectivity index (χ4v) is 2.85. The molecule has 3 nitrogen and oxygen atoms in total. The maximum absolute atomic E-state index is 10.6. The number of ether oxygens (including phenoxy) is 2. The van der Waals surface area contributed by atoms with E-state index in [0.717, 1.165) is 37.0 Å².